The summed E-state index contributed by atoms with van der Waals surface area (Å²) < 4.78 is 11.3. The van der Waals surface area contributed by atoms with Crippen LogP contribution in [0.5, 0.6) is 5.75 Å². The molecule has 5 rings (SSSR count). The van der Waals surface area contributed by atoms with Gasteiger partial charge in [0.25, 0.3) is 5.91 Å². The van der Waals surface area contributed by atoms with E-state index in [0.29, 0.717) is 30.5 Å². The van der Waals surface area contributed by atoms with Crippen molar-refractivity contribution in [3.05, 3.63) is 106 Å². The second-order valence-electron chi connectivity index (χ2n) is 8.57. The van der Waals surface area contributed by atoms with E-state index in [1.165, 1.54) is 5.56 Å². The maximum absolute atomic E-state index is 13.3. The van der Waals surface area contributed by atoms with Gasteiger partial charge in [-0.2, -0.15) is 5.10 Å². The Kier molecular flexibility index (Phi) is 6.57. The van der Waals surface area contributed by atoms with Crippen LogP contribution in [0.25, 0.3) is 11.3 Å². The summed E-state index contributed by atoms with van der Waals surface area (Å²) in [4.78, 5) is 15.1. The maximum atomic E-state index is 13.3. The van der Waals surface area contributed by atoms with E-state index in [-0.39, 0.29) is 11.9 Å². The zero-order valence-electron chi connectivity index (χ0n) is 19.6. The van der Waals surface area contributed by atoms with E-state index in [2.05, 4.69) is 22.3 Å². The lowest BCUT2D eigenvalue weighted by Gasteiger charge is -2.26. The molecule has 1 aromatic heterocycles. The lowest BCUT2D eigenvalue weighted by molar-refractivity contribution is 0.0677. The molecule has 1 atom stereocenters. The Hall–Kier alpha value is -3.61. The molecular formula is C28H26ClN3O3. The van der Waals surface area contributed by atoms with Crippen LogP contribution in [0.2, 0.25) is 5.02 Å². The number of hydrogen-bond acceptors (Lipinski definition) is 4. The van der Waals surface area contributed by atoms with Crippen LogP contribution in [0.3, 0.4) is 0 Å². The molecular weight excluding hydrogens is 462 g/mol. The van der Waals surface area contributed by atoms with Crippen molar-refractivity contribution in [1.29, 1.82) is 0 Å². The Balaban J connectivity index is 1.46. The summed E-state index contributed by atoms with van der Waals surface area (Å²) >= 11 is 6.25. The number of methoxy groups -OCH3 is 1. The molecule has 2 heterocycles. The van der Waals surface area contributed by atoms with E-state index >= 15 is 0 Å². The second kappa shape index (κ2) is 9.94. The van der Waals surface area contributed by atoms with Gasteiger partial charge >= 0.3 is 0 Å². The number of carbonyl (C=O) groups excluding carboxylic acids is 1. The summed E-state index contributed by atoms with van der Waals surface area (Å²) in [6.07, 6.45) is 0. The first-order valence-electron chi connectivity index (χ1n) is 11.5. The highest BCUT2D eigenvalue weighted by Gasteiger charge is 2.41. The van der Waals surface area contributed by atoms with Crippen LogP contribution in [0.15, 0.2) is 72.8 Å². The normalized spacial score (nSPS) is 14.9. The number of fused-ring (bicyclic) bond motifs is 1. The summed E-state index contributed by atoms with van der Waals surface area (Å²) in [5.41, 5.74) is 6.25. The molecule has 1 N–H and O–H groups in total. The number of amides is 1. The smallest absolute Gasteiger partial charge is 0.273 e. The quantitative estimate of drug-likeness (QED) is 0.340. The first kappa shape index (κ1) is 23.1. The van der Waals surface area contributed by atoms with E-state index < -0.39 is 0 Å². The van der Waals surface area contributed by atoms with Crippen molar-refractivity contribution in [3.8, 4) is 17.0 Å². The van der Waals surface area contributed by atoms with Crippen LogP contribution in [0.1, 0.15) is 38.8 Å². The first-order chi connectivity index (χ1) is 17.1. The van der Waals surface area contributed by atoms with Gasteiger partial charge in [-0.3, -0.25) is 9.89 Å². The van der Waals surface area contributed by atoms with Crippen LogP contribution in [0, 0.1) is 6.92 Å². The highest BCUT2D eigenvalue weighted by molar-refractivity contribution is 6.31. The van der Waals surface area contributed by atoms with Gasteiger partial charge < -0.3 is 14.4 Å². The van der Waals surface area contributed by atoms with Crippen LogP contribution >= 0.6 is 11.6 Å². The molecule has 1 unspecified atom stereocenters. The number of ether oxygens (including phenoxy) is 2. The van der Waals surface area contributed by atoms with Gasteiger partial charge in [0.2, 0.25) is 0 Å². The van der Waals surface area contributed by atoms with Gasteiger partial charge in [-0.05, 0) is 30.7 Å². The number of aryl methyl sites for hydroxylation is 1. The van der Waals surface area contributed by atoms with Gasteiger partial charge in [0, 0.05) is 35.4 Å². The number of nitrogens with one attached hydrogen (secondary N) is 1. The fraction of sp³-hybridized carbons (Fsp3) is 0.214. The zero-order valence-corrected chi connectivity index (χ0v) is 20.4. The fourth-order valence-electron chi connectivity index (χ4n) is 4.42. The van der Waals surface area contributed by atoms with Crippen molar-refractivity contribution in [1.82, 2.24) is 15.1 Å². The van der Waals surface area contributed by atoms with Crippen molar-refractivity contribution >= 4 is 17.5 Å². The average molecular weight is 488 g/mol. The van der Waals surface area contributed by atoms with Crippen molar-refractivity contribution in [2.24, 2.45) is 0 Å². The van der Waals surface area contributed by atoms with Crippen molar-refractivity contribution in [2.75, 3.05) is 20.3 Å². The predicted octanol–water partition coefficient (Wildman–Crippen LogP) is 5.81. The minimum absolute atomic E-state index is 0.0769. The number of aromatic nitrogens is 2. The molecule has 7 heteroatoms. The number of benzene rings is 3. The third-order valence-corrected chi connectivity index (χ3v) is 6.64. The van der Waals surface area contributed by atoms with Gasteiger partial charge in [-0.15, -0.1) is 0 Å². The van der Waals surface area contributed by atoms with Gasteiger partial charge in [0.15, 0.2) is 0 Å². The van der Waals surface area contributed by atoms with Crippen LogP contribution in [0.4, 0.5) is 0 Å². The monoisotopic (exact) mass is 487 g/mol. The molecule has 1 aliphatic rings. The molecule has 3 aromatic carbocycles. The van der Waals surface area contributed by atoms with Crippen LogP contribution in [-0.2, 0) is 11.3 Å². The predicted molar refractivity (Wildman–Crippen MR) is 136 cm³/mol. The highest BCUT2D eigenvalue weighted by Crippen LogP contribution is 2.43. The van der Waals surface area contributed by atoms with E-state index in [1.807, 2.05) is 72.5 Å². The number of rotatable bonds is 8. The molecule has 0 saturated heterocycles. The number of aromatic amines is 1. The lowest BCUT2D eigenvalue weighted by Crippen LogP contribution is -2.32. The van der Waals surface area contributed by atoms with Gasteiger partial charge in [-0.1, -0.05) is 71.8 Å². The largest absolute Gasteiger partial charge is 0.489 e. The highest BCUT2D eigenvalue weighted by atomic mass is 35.5. The summed E-state index contributed by atoms with van der Waals surface area (Å²) in [6, 6.07) is 23.4. The molecule has 4 aromatic rings. The van der Waals surface area contributed by atoms with E-state index in [0.717, 1.165) is 33.7 Å². The zero-order chi connectivity index (χ0) is 24.4. The number of nitrogens with zero attached hydrogens (tertiary/aromatic N) is 2. The van der Waals surface area contributed by atoms with Crippen LogP contribution in [-0.4, -0.2) is 41.3 Å². The summed E-state index contributed by atoms with van der Waals surface area (Å²) in [7, 11) is 1.64. The Morgan fingerprint density at radius 3 is 2.49 bits per heavy atom. The van der Waals surface area contributed by atoms with E-state index in [1.54, 1.807) is 7.11 Å². The molecule has 0 radical (unpaired) electrons. The number of hydrogen-bond donors (Lipinski definition) is 1. The summed E-state index contributed by atoms with van der Waals surface area (Å²) in [5.74, 6) is 0.652. The molecule has 35 heavy (non-hydrogen) atoms. The molecule has 1 aliphatic heterocycles. The minimum Gasteiger partial charge on any atom is -0.489 e. The number of halogens is 1. The molecule has 0 spiro atoms. The fourth-order valence-corrected chi connectivity index (χ4v) is 4.61. The maximum Gasteiger partial charge on any atom is 0.273 e. The van der Waals surface area contributed by atoms with E-state index in [4.69, 9.17) is 21.1 Å². The molecule has 6 nitrogen and oxygen atoms in total. The summed E-state index contributed by atoms with van der Waals surface area (Å²) in [6.45, 7) is 3.34. The van der Waals surface area contributed by atoms with E-state index in [9.17, 15) is 4.79 Å². The topological polar surface area (TPSA) is 67.5 Å². The van der Waals surface area contributed by atoms with Crippen molar-refractivity contribution in [3.63, 3.8) is 0 Å². The SMILES string of the molecule is COCCN1C(=O)c2[nH]nc(-c3ccc(C)cc3)c2C1c1ccc(OCc2ccccc2Cl)cc1. The van der Waals surface area contributed by atoms with Gasteiger partial charge in [0.1, 0.15) is 18.1 Å². The Morgan fingerprint density at radius 1 is 1.03 bits per heavy atom. The Bertz CT molecular complexity index is 1330. The van der Waals surface area contributed by atoms with Crippen LogP contribution < -0.4 is 4.74 Å². The van der Waals surface area contributed by atoms with Gasteiger partial charge in [0.05, 0.1) is 18.3 Å². The Morgan fingerprint density at radius 2 is 1.77 bits per heavy atom. The van der Waals surface area contributed by atoms with Crippen molar-refractivity contribution < 1.29 is 14.3 Å². The minimum atomic E-state index is -0.277. The van der Waals surface area contributed by atoms with Crippen molar-refractivity contribution in [2.45, 2.75) is 19.6 Å². The molecule has 0 fully saturated rings. The molecule has 1 amide bonds. The number of carbonyl (C=O) groups is 1. The van der Waals surface area contributed by atoms with Gasteiger partial charge in [-0.25, -0.2) is 0 Å². The third kappa shape index (κ3) is 4.55. The first-order valence-corrected chi connectivity index (χ1v) is 11.9. The standard InChI is InChI=1S/C28H26ClN3O3/c1-18-7-9-19(10-8-18)25-24-26(31-30-25)28(33)32(15-16-34-2)27(24)20-11-13-22(14-12-20)35-17-21-5-3-4-6-23(21)29/h3-14,27H,15-17H2,1-2H3,(H,30,31). The molecule has 0 bridgehead atoms. The molecule has 178 valence electrons. The summed E-state index contributed by atoms with van der Waals surface area (Å²) in [5, 5.41) is 8.20. The second-order valence-corrected chi connectivity index (χ2v) is 8.98. The number of H-pyrrole nitrogens is 1. The Labute approximate surface area is 209 Å². The third-order valence-electron chi connectivity index (χ3n) is 6.27. The molecule has 0 aliphatic carbocycles. The average Bonchev–Trinajstić information content (AvgIpc) is 3.42. The lowest BCUT2D eigenvalue weighted by atomic mass is 9.95. The molecule has 0 saturated carbocycles.